The van der Waals surface area contributed by atoms with E-state index in [1.807, 2.05) is 110 Å². The summed E-state index contributed by atoms with van der Waals surface area (Å²) in [4.78, 5) is 5.77. The number of fused-ring (bicyclic) bond motifs is 3. The first-order valence-electron chi connectivity index (χ1n) is 39.2. The summed E-state index contributed by atoms with van der Waals surface area (Å²) in [7, 11) is -0.952. The fourth-order valence-electron chi connectivity index (χ4n) is 14.5. The number of rotatable bonds is 29. The zero-order valence-electron chi connectivity index (χ0n) is 65.5. The standard InChI is InChI=1S/C50H52F2N4S4.C25H26ClFN2S2.C12H24B2O4/c1-5-9-11-31(7-3)13-15-33-17-19-37(41(51)29-33)43-25-27-45(57-43)39-23-21-35(47-49(39)55-59-53-47)36-22-24-40(50-48(36)54-60-56-50)46-28-26-44(58-46)38-20-18-34(30-42(38)52)16-14-32(8-4)12-10-6-2;1-3-5-6-16(4-2)7-8-17-9-10-18(21(27)15-17)22-13-14-23(30-22)19-11-12-20(26)25-24(19)28-31-29-25;1-9(2)10(3,4)16-13(15-9)14-17-11(5,6)12(7,8)18-14/h17-32H,5-16H2,1-4H3;9-16H,3-8H2,1-2H3;1-8H3. The van der Waals surface area contributed by atoms with Gasteiger partial charge in [0.1, 0.15) is 50.6 Å². The molecule has 2 saturated heterocycles. The van der Waals surface area contributed by atoms with Crippen LogP contribution in [0.2, 0.25) is 5.02 Å². The number of thiophene rings is 3. The van der Waals surface area contributed by atoms with Crippen LogP contribution in [0, 0.1) is 35.2 Å². The highest BCUT2D eigenvalue weighted by molar-refractivity contribution is 7.19. The summed E-state index contributed by atoms with van der Waals surface area (Å²) in [6.07, 6.45) is 20.9. The Morgan fingerprint density at radius 2 is 0.578 bits per heavy atom. The van der Waals surface area contributed by atoms with E-state index in [0.29, 0.717) is 33.5 Å². The molecule has 8 heterocycles. The van der Waals surface area contributed by atoms with Gasteiger partial charge in [-0.05, 0) is 195 Å². The summed E-state index contributed by atoms with van der Waals surface area (Å²) in [6, 6.07) is 41.6. The van der Waals surface area contributed by atoms with Gasteiger partial charge in [0, 0.05) is 73.8 Å². The number of benzene rings is 6. The van der Waals surface area contributed by atoms with Crippen LogP contribution in [0.4, 0.5) is 13.2 Å². The van der Waals surface area contributed by atoms with Gasteiger partial charge in [0.2, 0.25) is 0 Å². The lowest BCUT2D eigenvalue weighted by Gasteiger charge is -2.32. The van der Waals surface area contributed by atoms with Crippen LogP contribution in [-0.4, -0.2) is 62.7 Å². The molecule has 22 heteroatoms. The first kappa shape index (κ1) is 82.4. The van der Waals surface area contributed by atoms with Gasteiger partial charge in [0.25, 0.3) is 0 Å². The molecule has 2 aliphatic rings. The monoisotopic (exact) mass is 1600 g/mol. The van der Waals surface area contributed by atoms with Crippen molar-refractivity contribution in [3.63, 3.8) is 0 Å². The van der Waals surface area contributed by atoms with Gasteiger partial charge in [-0.25, -0.2) is 13.2 Å². The fraction of sp³-hybridized carbons (Fsp3) is 0.448. The maximum Gasteiger partial charge on any atom is 0.488 e. The quantitative estimate of drug-likeness (QED) is 0.0420. The minimum Gasteiger partial charge on any atom is -0.405 e. The highest BCUT2D eigenvalue weighted by atomic mass is 35.5. The molecule has 14 rings (SSSR count). The number of unbranched alkanes of at least 4 members (excludes halogenated alkanes) is 3. The first-order chi connectivity index (χ1) is 52.4. The second-order valence-electron chi connectivity index (χ2n) is 31.3. The minimum atomic E-state index is -0.476. The number of nitrogens with zero attached hydrogens (tertiary/aromatic N) is 6. The molecule has 0 radical (unpaired) electrons. The third-order valence-corrected chi connectivity index (χ3v) is 28.3. The fourth-order valence-corrected chi connectivity index (χ4v) is 19.6. The third kappa shape index (κ3) is 18.9. The molecule has 2 fully saturated rings. The summed E-state index contributed by atoms with van der Waals surface area (Å²) in [5, 5.41) is 0.603. The minimum absolute atomic E-state index is 0.149. The molecule has 10 nitrogen and oxygen atoms in total. The maximum absolute atomic E-state index is 15.6. The van der Waals surface area contributed by atoms with Crippen molar-refractivity contribution in [2.24, 2.45) is 17.8 Å². The maximum atomic E-state index is 15.6. The molecule has 12 aromatic rings. The molecule has 0 N–H and O–H groups in total. The molecular weight excluding hydrogens is 1500 g/mol. The van der Waals surface area contributed by atoms with E-state index < -0.39 is 14.0 Å². The van der Waals surface area contributed by atoms with E-state index in [9.17, 15) is 4.39 Å². The van der Waals surface area contributed by atoms with Crippen LogP contribution in [0.25, 0.3) is 107 Å². The highest BCUT2D eigenvalue weighted by Crippen LogP contribution is 2.48. The van der Waals surface area contributed by atoms with Gasteiger partial charge in [-0.1, -0.05) is 191 Å². The molecule has 0 bridgehead atoms. The second-order valence-corrected chi connectivity index (χ2v) is 36.6. The molecule has 0 spiro atoms. The van der Waals surface area contributed by atoms with Gasteiger partial charge in [0.15, 0.2) is 0 Å². The summed E-state index contributed by atoms with van der Waals surface area (Å²) in [5.41, 5.74) is 13.3. The van der Waals surface area contributed by atoms with Crippen LogP contribution in [-0.2, 0) is 37.9 Å². The Hall–Kier alpha value is -6.07. The van der Waals surface area contributed by atoms with Crippen molar-refractivity contribution in [3.8, 4) is 73.8 Å². The lowest BCUT2D eigenvalue weighted by atomic mass is 9.49. The zero-order valence-corrected chi connectivity index (χ0v) is 71.2. The summed E-state index contributed by atoms with van der Waals surface area (Å²) in [6.45, 7) is 29.7. The molecule has 109 heavy (non-hydrogen) atoms. The van der Waals surface area contributed by atoms with Crippen LogP contribution < -0.4 is 0 Å². The van der Waals surface area contributed by atoms with E-state index in [1.54, 1.807) is 52.2 Å². The van der Waals surface area contributed by atoms with Crippen LogP contribution in [0.15, 0.2) is 127 Å². The van der Waals surface area contributed by atoms with Crippen molar-refractivity contribution in [1.29, 1.82) is 0 Å². The van der Waals surface area contributed by atoms with Crippen LogP contribution in [0.3, 0.4) is 0 Å². The van der Waals surface area contributed by atoms with E-state index in [1.165, 1.54) is 101 Å². The van der Waals surface area contributed by atoms with Gasteiger partial charge in [0.05, 0.1) is 62.6 Å². The Morgan fingerprint density at radius 3 is 0.862 bits per heavy atom. The van der Waals surface area contributed by atoms with Gasteiger partial charge in [-0.3, -0.25) is 0 Å². The average molecular weight is 1600 g/mol. The normalized spacial score (nSPS) is 15.9. The second kappa shape index (κ2) is 36.4. The Kier molecular flexibility index (Phi) is 27.5. The van der Waals surface area contributed by atoms with Crippen molar-refractivity contribution >= 4 is 128 Å². The summed E-state index contributed by atoms with van der Waals surface area (Å²) < 4.78 is 97.8. The van der Waals surface area contributed by atoms with Gasteiger partial charge >= 0.3 is 14.0 Å². The van der Waals surface area contributed by atoms with Crippen molar-refractivity contribution in [3.05, 3.63) is 167 Å². The van der Waals surface area contributed by atoms with Gasteiger partial charge in [-0.15, -0.1) is 34.0 Å². The molecular formula is C87H102B2ClF3N6O4S6. The molecule has 2 aliphatic heterocycles. The Balaban J connectivity index is 0.000000186. The third-order valence-electron chi connectivity index (χ3n) is 22.9. The van der Waals surface area contributed by atoms with E-state index >= 15 is 8.78 Å². The van der Waals surface area contributed by atoms with E-state index in [0.717, 1.165) is 163 Å². The summed E-state index contributed by atoms with van der Waals surface area (Å²) in [5.74, 6) is 1.64. The molecule has 574 valence electrons. The van der Waals surface area contributed by atoms with Gasteiger partial charge < -0.3 is 18.6 Å². The van der Waals surface area contributed by atoms with Crippen LogP contribution >= 0.6 is 80.8 Å². The predicted octanol–water partition coefficient (Wildman–Crippen LogP) is 28.0. The lowest BCUT2D eigenvalue weighted by Crippen LogP contribution is -2.41. The Bertz CT molecular complexity index is 4800. The van der Waals surface area contributed by atoms with Crippen molar-refractivity contribution in [2.45, 2.75) is 235 Å². The smallest absolute Gasteiger partial charge is 0.405 e. The van der Waals surface area contributed by atoms with Gasteiger partial charge in [-0.2, -0.15) is 26.2 Å². The predicted molar refractivity (Wildman–Crippen MR) is 459 cm³/mol. The molecule has 0 amide bonds. The molecule has 6 aromatic heterocycles. The molecule has 0 saturated carbocycles. The Labute approximate surface area is 673 Å². The van der Waals surface area contributed by atoms with E-state index in [4.69, 9.17) is 47.7 Å². The zero-order chi connectivity index (χ0) is 77.4. The topological polar surface area (TPSA) is 114 Å². The Morgan fingerprint density at radius 1 is 0.330 bits per heavy atom. The number of aryl methyl sites for hydroxylation is 3. The number of hydrogen-bond donors (Lipinski definition) is 0. The number of aromatic nitrogens is 6. The highest BCUT2D eigenvalue weighted by Gasteiger charge is 2.64. The first-order valence-corrected chi connectivity index (χ1v) is 44.2. The molecule has 0 aliphatic carbocycles. The number of hydrogen-bond acceptors (Lipinski definition) is 16. The van der Waals surface area contributed by atoms with Crippen molar-refractivity contribution < 1.29 is 31.8 Å². The van der Waals surface area contributed by atoms with Crippen LogP contribution in [0.1, 0.15) is 210 Å². The number of halogens is 4. The van der Waals surface area contributed by atoms with E-state index in [-0.39, 0.29) is 39.9 Å². The largest absolute Gasteiger partial charge is 0.488 e. The molecule has 3 unspecified atom stereocenters. The SMILES string of the molecule is CC1(C)OB(B2OC(C)(C)C(C)(C)O2)OC1(C)C.CCCCC(CC)CCc1ccc(-c2ccc(-c3ccc(-c4ccc(-c5ccc(-c6ccc(CCC(CC)CCCC)cc6F)s5)c5nsnc45)c4nsnc34)s2)c(F)c1.CCCCC(CC)CCc1ccc(-c2ccc(-c3ccc(Cl)c4nsnc34)s2)c(F)c1. The molecule has 6 aromatic carbocycles. The van der Waals surface area contributed by atoms with Crippen molar-refractivity contribution in [1.82, 2.24) is 26.2 Å². The summed E-state index contributed by atoms with van der Waals surface area (Å²) >= 11 is 14.5. The molecule has 3 atom stereocenters. The van der Waals surface area contributed by atoms with Crippen molar-refractivity contribution in [2.75, 3.05) is 0 Å². The van der Waals surface area contributed by atoms with E-state index in [2.05, 4.69) is 105 Å². The average Bonchev–Trinajstić information content (AvgIpc) is 1.64. The lowest BCUT2D eigenvalue weighted by molar-refractivity contribution is 0.00578. The van der Waals surface area contributed by atoms with Crippen LogP contribution in [0.5, 0.6) is 0 Å².